The average molecular weight is 248 g/mol. The second kappa shape index (κ2) is 4.73. The van der Waals surface area contributed by atoms with E-state index < -0.39 is 0 Å². The fourth-order valence-corrected chi connectivity index (χ4v) is 2.21. The molecular formula is C17H16N2. The maximum absolute atomic E-state index is 4.45. The first-order valence-corrected chi connectivity index (χ1v) is 6.41. The maximum atomic E-state index is 4.45. The van der Waals surface area contributed by atoms with Crippen molar-refractivity contribution in [2.24, 2.45) is 0 Å². The summed E-state index contributed by atoms with van der Waals surface area (Å²) in [5.74, 6) is 0. The Morgan fingerprint density at radius 1 is 0.842 bits per heavy atom. The number of aryl methyl sites for hydroxylation is 2. The number of aromatic nitrogens is 2. The van der Waals surface area contributed by atoms with Gasteiger partial charge in [0.25, 0.3) is 0 Å². The minimum absolute atomic E-state index is 1.10. The maximum Gasteiger partial charge on any atom is 0.0648 e. The highest BCUT2D eigenvalue weighted by atomic mass is 15.3. The van der Waals surface area contributed by atoms with Crippen LogP contribution in [0.4, 0.5) is 0 Å². The monoisotopic (exact) mass is 248 g/mol. The van der Waals surface area contributed by atoms with Gasteiger partial charge in [-0.05, 0) is 37.1 Å². The van der Waals surface area contributed by atoms with Gasteiger partial charge in [0.15, 0.2) is 0 Å². The molecule has 0 aliphatic heterocycles. The van der Waals surface area contributed by atoms with Crippen LogP contribution in [0.2, 0.25) is 0 Å². The molecule has 0 fully saturated rings. The lowest BCUT2D eigenvalue weighted by Crippen LogP contribution is -1.93. The lowest BCUT2D eigenvalue weighted by Gasteiger charge is -2.02. The van der Waals surface area contributed by atoms with Gasteiger partial charge in [0.05, 0.1) is 11.9 Å². The number of benzene rings is 2. The van der Waals surface area contributed by atoms with Gasteiger partial charge in [-0.3, -0.25) is 0 Å². The second-order valence-electron chi connectivity index (χ2n) is 4.88. The topological polar surface area (TPSA) is 17.8 Å². The molecule has 0 saturated carbocycles. The molecule has 0 amide bonds. The summed E-state index contributed by atoms with van der Waals surface area (Å²) in [6.07, 6.45) is 3.99. The molecule has 0 atom stereocenters. The predicted molar refractivity (Wildman–Crippen MR) is 78.5 cm³/mol. The second-order valence-corrected chi connectivity index (χ2v) is 4.88. The van der Waals surface area contributed by atoms with E-state index in [1.165, 1.54) is 16.7 Å². The molecule has 94 valence electrons. The summed E-state index contributed by atoms with van der Waals surface area (Å²) < 4.78 is 1.92. The molecule has 0 saturated heterocycles. The molecular weight excluding hydrogens is 232 g/mol. The van der Waals surface area contributed by atoms with E-state index in [2.05, 4.69) is 73.7 Å². The first-order valence-electron chi connectivity index (χ1n) is 6.41. The zero-order chi connectivity index (χ0) is 13.2. The SMILES string of the molecule is Cc1cccc(-c2cnn(-c3cccc(C)c3)c2)c1. The minimum atomic E-state index is 1.10. The number of hydrogen-bond donors (Lipinski definition) is 0. The molecule has 19 heavy (non-hydrogen) atoms. The molecule has 0 bridgehead atoms. The standard InChI is InChI=1S/C17H16N2/c1-13-5-3-7-15(9-13)16-11-18-19(12-16)17-8-4-6-14(2)10-17/h3-12H,1-2H3. The smallest absolute Gasteiger partial charge is 0.0648 e. The van der Waals surface area contributed by atoms with Crippen molar-refractivity contribution in [1.82, 2.24) is 9.78 Å². The molecule has 0 aliphatic carbocycles. The average Bonchev–Trinajstić information content (AvgIpc) is 2.88. The van der Waals surface area contributed by atoms with Crippen LogP contribution in [-0.4, -0.2) is 9.78 Å². The van der Waals surface area contributed by atoms with Gasteiger partial charge in [0.2, 0.25) is 0 Å². The summed E-state index contributed by atoms with van der Waals surface area (Å²) in [5, 5.41) is 4.45. The largest absolute Gasteiger partial charge is 0.240 e. The zero-order valence-corrected chi connectivity index (χ0v) is 11.2. The predicted octanol–water partition coefficient (Wildman–Crippen LogP) is 4.16. The molecule has 0 radical (unpaired) electrons. The van der Waals surface area contributed by atoms with Crippen LogP contribution in [0.25, 0.3) is 16.8 Å². The molecule has 3 aromatic rings. The van der Waals surface area contributed by atoms with Gasteiger partial charge in [-0.2, -0.15) is 5.10 Å². The normalized spacial score (nSPS) is 10.6. The highest BCUT2D eigenvalue weighted by Gasteiger charge is 2.03. The van der Waals surface area contributed by atoms with Gasteiger partial charge in [0.1, 0.15) is 0 Å². The fourth-order valence-electron chi connectivity index (χ4n) is 2.21. The van der Waals surface area contributed by atoms with E-state index in [1.807, 2.05) is 10.9 Å². The van der Waals surface area contributed by atoms with E-state index in [4.69, 9.17) is 0 Å². The van der Waals surface area contributed by atoms with Crippen molar-refractivity contribution in [3.8, 4) is 16.8 Å². The van der Waals surface area contributed by atoms with Crippen LogP contribution in [0.5, 0.6) is 0 Å². The lowest BCUT2D eigenvalue weighted by molar-refractivity contribution is 0.879. The molecule has 1 heterocycles. The number of hydrogen-bond acceptors (Lipinski definition) is 1. The highest BCUT2D eigenvalue weighted by molar-refractivity contribution is 5.63. The van der Waals surface area contributed by atoms with Crippen LogP contribution < -0.4 is 0 Å². The summed E-state index contributed by atoms with van der Waals surface area (Å²) in [6, 6.07) is 16.8. The zero-order valence-electron chi connectivity index (χ0n) is 11.2. The molecule has 2 aromatic carbocycles. The molecule has 2 heteroatoms. The van der Waals surface area contributed by atoms with Gasteiger partial charge in [-0.15, -0.1) is 0 Å². The van der Waals surface area contributed by atoms with E-state index in [1.54, 1.807) is 0 Å². The van der Waals surface area contributed by atoms with Gasteiger partial charge in [-0.1, -0.05) is 42.0 Å². The Hall–Kier alpha value is -2.35. The van der Waals surface area contributed by atoms with Crippen LogP contribution in [0.15, 0.2) is 60.9 Å². The Labute approximate surface area is 113 Å². The third-order valence-corrected chi connectivity index (χ3v) is 3.20. The molecule has 1 aromatic heterocycles. The van der Waals surface area contributed by atoms with Gasteiger partial charge < -0.3 is 0 Å². The molecule has 0 N–H and O–H groups in total. The molecule has 0 spiro atoms. The van der Waals surface area contributed by atoms with Crippen LogP contribution in [0.1, 0.15) is 11.1 Å². The van der Waals surface area contributed by atoms with Crippen molar-refractivity contribution in [2.75, 3.05) is 0 Å². The van der Waals surface area contributed by atoms with Crippen LogP contribution >= 0.6 is 0 Å². The Balaban J connectivity index is 2.00. The van der Waals surface area contributed by atoms with Gasteiger partial charge >= 0.3 is 0 Å². The minimum Gasteiger partial charge on any atom is -0.240 e. The third kappa shape index (κ3) is 2.43. The van der Waals surface area contributed by atoms with Crippen molar-refractivity contribution >= 4 is 0 Å². The van der Waals surface area contributed by atoms with E-state index in [-0.39, 0.29) is 0 Å². The first kappa shape index (κ1) is 11.7. The Morgan fingerprint density at radius 3 is 2.32 bits per heavy atom. The van der Waals surface area contributed by atoms with E-state index in [0.29, 0.717) is 0 Å². The summed E-state index contributed by atoms with van der Waals surface area (Å²) >= 11 is 0. The highest BCUT2D eigenvalue weighted by Crippen LogP contribution is 2.21. The van der Waals surface area contributed by atoms with Crippen molar-refractivity contribution in [1.29, 1.82) is 0 Å². The van der Waals surface area contributed by atoms with Crippen molar-refractivity contribution < 1.29 is 0 Å². The van der Waals surface area contributed by atoms with Crippen molar-refractivity contribution in [3.63, 3.8) is 0 Å². The van der Waals surface area contributed by atoms with Crippen molar-refractivity contribution in [3.05, 3.63) is 72.1 Å². The molecule has 0 aliphatic rings. The quantitative estimate of drug-likeness (QED) is 0.666. The van der Waals surface area contributed by atoms with Crippen LogP contribution in [-0.2, 0) is 0 Å². The fraction of sp³-hybridized carbons (Fsp3) is 0.118. The molecule has 3 rings (SSSR count). The summed E-state index contributed by atoms with van der Waals surface area (Å²) in [6.45, 7) is 4.20. The van der Waals surface area contributed by atoms with E-state index in [0.717, 1.165) is 11.3 Å². The van der Waals surface area contributed by atoms with E-state index >= 15 is 0 Å². The van der Waals surface area contributed by atoms with Gasteiger partial charge in [-0.25, -0.2) is 4.68 Å². The van der Waals surface area contributed by atoms with Crippen LogP contribution in [0.3, 0.4) is 0 Å². The van der Waals surface area contributed by atoms with Crippen molar-refractivity contribution in [2.45, 2.75) is 13.8 Å². The van der Waals surface area contributed by atoms with E-state index in [9.17, 15) is 0 Å². The Morgan fingerprint density at radius 2 is 1.58 bits per heavy atom. The molecule has 0 unspecified atom stereocenters. The first-order chi connectivity index (χ1) is 9.22. The van der Waals surface area contributed by atoms with Gasteiger partial charge in [0, 0.05) is 11.8 Å². The number of rotatable bonds is 2. The Bertz CT molecular complexity index is 651. The Kier molecular flexibility index (Phi) is 2.92. The summed E-state index contributed by atoms with van der Waals surface area (Å²) in [5.41, 5.74) is 5.95. The lowest BCUT2D eigenvalue weighted by atomic mass is 10.1. The number of nitrogens with zero attached hydrogens (tertiary/aromatic N) is 2. The van der Waals surface area contributed by atoms with Crippen LogP contribution in [0, 0.1) is 13.8 Å². The summed E-state index contributed by atoms with van der Waals surface area (Å²) in [7, 11) is 0. The summed E-state index contributed by atoms with van der Waals surface area (Å²) in [4.78, 5) is 0. The molecule has 2 nitrogen and oxygen atoms in total. The third-order valence-electron chi connectivity index (χ3n) is 3.20.